The summed E-state index contributed by atoms with van der Waals surface area (Å²) >= 11 is 0. The first-order valence-corrected chi connectivity index (χ1v) is 7.33. The van der Waals surface area contributed by atoms with Crippen LogP contribution in [0.25, 0.3) is 0 Å². The molecular formula is C15H23N3. The van der Waals surface area contributed by atoms with Crippen molar-refractivity contribution >= 4 is 5.82 Å². The summed E-state index contributed by atoms with van der Waals surface area (Å²) in [4.78, 5) is 7.13. The van der Waals surface area contributed by atoms with Gasteiger partial charge in [0.1, 0.15) is 5.82 Å². The SMILES string of the molecule is CCN1CCCC1c1ccc(NC2CCC2)nc1. The Labute approximate surface area is 110 Å². The van der Waals surface area contributed by atoms with Gasteiger partial charge < -0.3 is 5.32 Å². The predicted molar refractivity (Wildman–Crippen MR) is 74.7 cm³/mol. The molecule has 2 fully saturated rings. The first kappa shape index (κ1) is 12.0. The lowest BCUT2D eigenvalue weighted by Crippen LogP contribution is -2.27. The minimum Gasteiger partial charge on any atom is -0.367 e. The lowest BCUT2D eigenvalue weighted by molar-refractivity contribution is 0.271. The lowest BCUT2D eigenvalue weighted by atomic mass is 9.93. The minimum absolute atomic E-state index is 0.597. The van der Waals surface area contributed by atoms with Gasteiger partial charge in [0.15, 0.2) is 0 Å². The van der Waals surface area contributed by atoms with E-state index in [0.717, 1.165) is 12.4 Å². The van der Waals surface area contributed by atoms with Gasteiger partial charge in [-0.05, 0) is 56.8 Å². The van der Waals surface area contributed by atoms with E-state index >= 15 is 0 Å². The number of pyridine rings is 1. The summed E-state index contributed by atoms with van der Waals surface area (Å²) in [5, 5.41) is 3.50. The molecular weight excluding hydrogens is 222 g/mol. The standard InChI is InChI=1S/C15H23N3/c1-2-18-10-4-7-14(18)12-8-9-15(16-11-12)17-13-5-3-6-13/h8-9,11,13-14H,2-7,10H2,1H3,(H,16,17). The Morgan fingerprint density at radius 2 is 2.17 bits per heavy atom. The fraction of sp³-hybridized carbons (Fsp3) is 0.667. The van der Waals surface area contributed by atoms with Crippen molar-refractivity contribution in [2.75, 3.05) is 18.4 Å². The molecule has 1 atom stereocenters. The Hall–Kier alpha value is -1.09. The summed E-state index contributed by atoms with van der Waals surface area (Å²) in [6, 6.07) is 5.68. The third kappa shape index (κ3) is 2.37. The summed E-state index contributed by atoms with van der Waals surface area (Å²) in [6.07, 6.45) is 8.64. The second kappa shape index (κ2) is 5.27. The van der Waals surface area contributed by atoms with Crippen molar-refractivity contribution in [2.24, 2.45) is 0 Å². The van der Waals surface area contributed by atoms with Crippen LogP contribution in [0.15, 0.2) is 18.3 Å². The Morgan fingerprint density at radius 3 is 2.78 bits per heavy atom. The van der Waals surface area contributed by atoms with Crippen molar-refractivity contribution in [3.05, 3.63) is 23.9 Å². The van der Waals surface area contributed by atoms with E-state index < -0.39 is 0 Å². The van der Waals surface area contributed by atoms with Gasteiger partial charge in [0.2, 0.25) is 0 Å². The van der Waals surface area contributed by atoms with E-state index in [9.17, 15) is 0 Å². The van der Waals surface area contributed by atoms with Crippen LogP contribution in [0.3, 0.4) is 0 Å². The van der Waals surface area contributed by atoms with Crippen LogP contribution in [0.5, 0.6) is 0 Å². The van der Waals surface area contributed by atoms with Crippen molar-refractivity contribution in [3.8, 4) is 0 Å². The topological polar surface area (TPSA) is 28.2 Å². The number of anilines is 1. The number of hydrogen-bond acceptors (Lipinski definition) is 3. The molecule has 3 heteroatoms. The predicted octanol–water partition coefficient (Wildman–Crippen LogP) is 3.20. The van der Waals surface area contributed by atoms with Gasteiger partial charge in [0, 0.05) is 18.3 Å². The van der Waals surface area contributed by atoms with Gasteiger partial charge in [-0.2, -0.15) is 0 Å². The maximum absolute atomic E-state index is 4.58. The number of rotatable bonds is 4. The van der Waals surface area contributed by atoms with E-state index in [0.29, 0.717) is 12.1 Å². The van der Waals surface area contributed by atoms with Crippen LogP contribution >= 0.6 is 0 Å². The average Bonchev–Trinajstić information content (AvgIpc) is 2.83. The first-order valence-electron chi connectivity index (χ1n) is 7.33. The monoisotopic (exact) mass is 245 g/mol. The second-order valence-electron chi connectivity index (χ2n) is 5.54. The second-order valence-corrected chi connectivity index (χ2v) is 5.54. The van der Waals surface area contributed by atoms with E-state index in [1.54, 1.807) is 0 Å². The number of aromatic nitrogens is 1. The van der Waals surface area contributed by atoms with Crippen molar-refractivity contribution in [3.63, 3.8) is 0 Å². The molecule has 18 heavy (non-hydrogen) atoms. The highest BCUT2D eigenvalue weighted by Gasteiger charge is 2.24. The van der Waals surface area contributed by atoms with Crippen molar-refractivity contribution in [1.29, 1.82) is 0 Å². The zero-order valence-corrected chi connectivity index (χ0v) is 11.2. The molecule has 0 aromatic carbocycles. The maximum atomic E-state index is 4.58. The van der Waals surface area contributed by atoms with Gasteiger partial charge in [0.05, 0.1) is 0 Å². The van der Waals surface area contributed by atoms with Crippen molar-refractivity contribution in [1.82, 2.24) is 9.88 Å². The van der Waals surface area contributed by atoms with Crippen LogP contribution in [0.2, 0.25) is 0 Å². The van der Waals surface area contributed by atoms with Gasteiger partial charge in [-0.25, -0.2) is 4.98 Å². The summed E-state index contributed by atoms with van der Waals surface area (Å²) < 4.78 is 0. The van der Waals surface area contributed by atoms with Crippen LogP contribution in [-0.2, 0) is 0 Å². The lowest BCUT2D eigenvalue weighted by Gasteiger charge is -2.27. The molecule has 2 aliphatic rings. The molecule has 3 rings (SSSR count). The molecule has 1 aliphatic carbocycles. The van der Waals surface area contributed by atoms with Crippen LogP contribution < -0.4 is 5.32 Å². The number of hydrogen-bond donors (Lipinski definition) is 1. The van der Waals surface area contributed by atoms with Crippen LogP contribution in [0.1, 0.15) is 50.6 Å². The average molecular weight is 245 g/mol. The normalized spacial score (nSPS) is 25.1. The highest BCUT2D eigenvalue weighted by Crippen LogP contribution is 2.31. The molecule has 98 valence electrons. The molecule has 2 heterocycles. The summed E-state index contributed by atoms with van der Waals surface area (Å²) in [6.45, 7) is 4.63. The third-order valence-corrected chi connectivity index (χ3v) is 4.40. The van der Waals surface area contributed by atoms with E-state index in [4.69, 9.17) is 0 Å². The fourth-order valence-corrected chi connectivity index (χ4v) is 3.03. The molecule has 1 saturated carbocycles. The zero-order chi connectivity index (χ0) is 12.4. The molecule has 1 N–H and O–H groups in total. The number of likely N-dealkylation sites (tertiary alicyclic amines) is 1. The summed E-state index contributed by atoms with van der Waals surface area (Å²) in [7, 11) is 0. The maximum Gasteiger partial charge on any atom is 0.126 e. The van der Waals surface area contributed by atoms with Gasteiger partial charge in [-0.15, -0.1) is 0 Å². The van der Waals surface area contributed by atoms with Gasteiger partial charge >= 0.3 is 0 Å². The molecule has 1 aromatic rings. The molecule has 3 nitrogen and oxygen atoms in total. The quantitative estimate of drug-likeness (QED) is 0.883. The molecule has 1 aliphatic heterocycles. The van der Waals surface area contributed by atoms with Gasteiger partial charge in [-0.1, -0.05) is 13.0 Å². The molecule has 0 spiro atoms. The Balaban J connectivity index is 1.66. The Bertz CT molecular complexity index is 383. The Morgan fingerprint density at radius 1 is 1.28 bits per heavy atom. The highest BCUT2D eigenvalue weighted by atomic mass is 15.2. The van der Waals surface area contributed by atoms with Crippen LogP contribution in [0.4, 0.5) is 5.82 Å². The molecule has 1 aromatic heterocycles. The first-order chi connectivity index (χ1) is 8.86. The van der Waals surface area contributed by atoms with E-state index in [2.05, 4.69) is 40.5 Å². The van der Waals surface area contributed by atoms with Crippen molar-refractivity contribution < 1.29 is 0 Å². The van der Waals surface area contributed by atoms with Crippen molar-refractivity contribution in [2.45, 2.75) is 51.1 Å². The molecule has 0 radical (unpaired) electrons. The summed E-state index contributed by atoms with van der Waals surface area (Å²) in [5.74, 6) is 1.05. The highest BCUT2D eigenvalue weighted by molar-refractivity contribution is 5.38. The molecule has 1 unspecified atom stereocenters. The van der Waals surface area contributed by atoms with Gasteiger partial charge in [0.25, 0.3) is 0 Å². The van der Waals surface area contributed by atoms with Crippen LogP contribution in [-0.4, -0.2) is 29.0 Å². The molecule has 0 bridgehead atoms. The zero-order valence-electron chi connectivity index (χ0n) is 11.2. The number of nitrogens with one attached hydrogen (secondary N) is 1. The molecule has 1 saturated heterocycles. The van der Waals surface area contributed by atoms with E-state index in [1.807, 2.05) is 0 Å². The number of nitrogens with zero attached hydrogens (tertiary/aromatic N) is 2. The van der Waals surface area contributed by atoms with Crippen LogP contribution in [0, 0.1) is 0 Å². The largest absolute Gasteiger partial charge is 0.367 e. The van der Waals surface area contributed by atoms with E-state index in [1.165, 1.54) is 44.2 Å². The fourth-order valence-electron chi connectivity index (χ4n) is 3.03. The minimum atomic E-state index is 0.597. The molecule has 0 amide bonds. The van der Waals surface area contributed by atoms with Gasteiger partial charge in [-0.3, -0.25) is 4.90 Å². The summed E-state index contributed by atoms with van der Waals surface area (Å²) in [5.41, 5.74) is 1.38. The third-order valence-electron chi connectivity index (χ3n) is 4.40. The van der Waals surface area contributed by atoms with E-state index in [-0.39, 0.29) is 0 Å². The smallest absolute Gasteiger partial charge is 0.126 e. The Kier molecular flexibility index (Phi) is 3.50.